The number of rotatable bonds is 8. The summed E-state index contributed by atoms with van der Waals surface area (Å²) in [5, 5.41) is 4.50. The summed E-state index contributed by atoms with van der Waals surface area (Å²) in [6.45, 7) is 9.49. The molecule has 0 atom stereocenters. The van der Waals surface area contributed by atoms with E-state index in [1.807, 2.05) is 53.4 Å². The van der Waals surface area contributed by atoms with Crippen molar-refractivity contribution in [1.82, 2.24) is 10.1 Å². The first-order valence-electron chi connectivity index (χ1n) is 12.2. The Bertz CT molecular complexity index is 1090. The lowest BCUT2D eigenvalue weighted by atomic mass is 9.98. The molecule has 0 radical (unpaired) electrons. The molecule has 4 rings (SSSR count). The molecule has 3 aromatic rings. The summed E-state index contributed by atoms with van der Waals surface area (Å²) in [5.74, 6) is 2.47. The number of aromatic nitrogens is 1. The van der Waals surface area contributed by atoms with Crippen LogP contribution in [-0.2, 0) is 6.54 Å². The number of carbonyl (C=O) groups is 1. The first-order valence-corrected chi connectivity index (χ1v) is 12.2. The number of hydrogen-bond acceptors (Lipinski definition) is 5. The standard InChI is InChI=1S/C28H35N3O3/c1-20(2)18-31(27(32)23-11-8-12-24(17-23)33-4)19-25-26(22-9-6-5-7-10-22)29-34-28(25)30-15-13-21(3)14-16-30/h5-12,17,20-21H,13-16,18-19H2,1-4H3. The first kappa shape index (κ1) is 23.9. The molecule has 2 aromatic carbocycles. The van der Waals surface area contributed by atoms with E-state index in [0.717, 1.165) is 48.6 Å². The van der Waals surface area contributed by atoms with E-state index in [1.165, 1.54) is 0 Å². The third kappa shape index (κ3) is 5.44. The van der Waals surface area contributed by atoms with Crippen molar-refractivity contribution in [3.63, 3.8) is 0 Å². The molecule has 0 spiro atoms. The molecular weight excluding hydrogens is 426 g/mol. The number of nitrogens with zero attached hydrogens (tertiary/aromatic N) is 3. The lowest BCUT2D eigenvalue weighted by molar-refractivity contribution is 0.0722. The summed E-state index contributed by atoms with van der Waals surface area (Å²) in [5.41, 5.74) is 3.39. The number of hydrogen-bond donors (Lipinski definition) is 0. The Kier molecular flexibility index (Phi) is 7.56. The van der Waals surface area contributed by atoms with Crippen molar-refractivity contribution >= 4 is 11.8 Å². The highest BCUT2D eigenvalue weighted by atomic mass is 16.5. The molecule has 1 aromatic heterocycles. The zero-order valence-electron chi connectivity index (χ0n) is 20.7. The fourth-order valence-electron chi connectivity index (χ4n) is 4.52. The van der Waals surface area contributed by atoms with Crippen molar-refractivity contribution in [3.05, 3.63) is 65.7 Å². The van der Waals surface area contributed by atoms with Gasteiger partial charge in [-0.05, 0) is 42.9 Å². The summed E-state index contributed by atoms with van der Waals surface area (Å²) >= 11 is 0. The molecule has 1 aliphatic rings. The zero-order valence-corrected chi connectivity index (χ0v) is 20.7. The summed E-state index contributed by atoms with van der Waals surface area (Å²) in [7, 11) is 1.62. The molecule has 0 bridgehead atoms. The van der Waals surface area contributed by atoms with Crippen LogP contribution in [0.15, 0.2) is 59.1 Å². The third-order valence-corrected chi connectivity index (χ3v) is 6.42. The van der Waals surface area contributed by atoms with Crippen LogP contribution >= 0.6 is 0 Å². The van der Waals surface area contributed by atoms with Gasteiger partial charge < -0.3 is 19.1 Å². The second-order valence-electron chi connectivity index (χ2n) is 9.66. The highest BCUT2D eigenvalue weighted by Crippen LogP contribution is 2.35. The predicted molar refractivity (Wildman–Crippen MR) is 135 cm³/mol. The minimum absolute atomic E-state index is 0.0222. The Hall–Kier alpha value is -3.28. The lowest BCUT2D eigenvalue weighted by Crippen LogP contribution is -2.36. The predicted octanol–water partition coefficient (Wildman–Crippen LogP) is 5.88. The topological polar surface area (TPSA) is 58.8 Å². The average molecular weight is 462 g/mol. The zero-order chi connectivity index (χ0) is 24.1. The number of methoxy groups -OCH3 is 1. The molecule has 0 N–H and O–H groups in total. The van der Waals surface area contributed by atoms with Crippen LogP contribution in [0, 0.1) is 11.8 Å². The van der Waals surface area contributed by atoms with Gasteiger partial charge in [-0.2, -0.15) is 0 Å². The normalized spacial score (nSPS) is 14.4. The summed E-state index contributed by atoms with van der Waals surface area (Å²) in [6, 6.07) is 17.4. The Balaban J connectivity index is 1.71. The fraction of sp³-hybridized carbons (Fsp3) is 0.429. The van der Waals surface area contributed by atoms with Crippen LogP contribution in [0.3, 0.4) is 0 Å². The monoisotopic (exact) mass is 461 g/mol. The van der Waals surface area contributed by atoms with Crippen molar-refractivity contribution in [1.29, 1.82) is 0 Å². The molecule has 1 amide bonds. The van der Waals surface area contributed by atoms with Gasteiger partial charge in [0.1, 0.15) is 11.4 Å². The molecule has 34 heavy (non-hydrogen) atoms. The van der Waals surface area contributed by atoms with Crippen molar-refractivity contribution in [2.24, 2.45) is 11.8 Å². The number of carbonyl (C=O) groups excluding carboxylic acids is 1. The maximum Gasteiger partial charge on any atom is 0.254 e. The van der Waals surface area contributed by atoms with Crippen LogP contribution in [-0.4, -0.2) is 42.7 Å². The van der Waals surface area contributed by atoms with Crippen LogP contribution in [0.5, 0.6) is 5.75 Å². The number of benzene rings is 2. The molecule has 2 heterocycles. The highest BCUT2D eigenvalue weighted by molar-refractivity contribution is 5.94. The molecule has 0 unspecified atom stereocenters. The quantitative estimate of drug-likeness (QED) is 0.419. The van der Waals surface area contributed by atoms with Gasteiger partial charge in [-0.25, -0.2) is 0 Å². The van der Waals surface area contributed by atoms with Gasteiger partial charge in [-0.3, -0.25) is 4.79 Å². The summed E-state index contributed by atoms with van der Waals surface area (Å²) in [6.07, 6.45) is 2.25. The van der Waals surface area contributed by atoms with Gasteiger partial charge >= 0.3 is 0 Å². The molecule has 0 saturated carbocycles. The largest absolute Gasteiger partial charge is 0.497 e. The van der Waals surface area contributed by atoms with Crippen LogP contribution in [0.4, 0.5) is 5.88 Å². The maximum atomic E-state index is 13.7. The molecule has 6 heteroatoms. The van der Waals surface area contributed by atoms with Gasteiger partial charge in [-0.15, -0.1) is 0 Å². The highest BCUT2D eigenvalue weighted by Gasteiger charge is 2.28. The third-order valence-electron chi connectivity index (χ3n) is 6.42. The Morgan fingerprint density at radius 3 is 2.56 bits per heavy atom. The van der Waals surface area contributed by atoms with Crippen LogP contribution in [0.2, 0.25) is 0 Å². The van der Waals surface area contributed by atoms with E-state index in [2.05, 4.69) is 30.8 Å². The van der Waals surface area contributed by atoms with Crippen molar-refractivity contribution in [2.75, 3.05) is 31.6 Å². The van der Waals surface area contributed by atoms with Gasteiger partial charge in [0.2, 0.25) is 5.88 Å². The van der Waals surface area contributed by atoms with Gasteiger partial charge in [0.05, 0.1) is 19.2 Å². The Morgan fingerprint density at radius 2 is 1.88 bits per heavy atom. The second kappa shape index (κ2) is 10.8. The summed E-state index contributed by atoms with van der Waals surface area (Å²) in [4.78, 5) is 17.9. The average Bonchev–Trinajstić information content (AvgIpc) is 3.27. The van der Waals surface area contributed by atoms with Crippen molar-refractivity contribution in [3.8, 4) is 17.0 Å². The lowest BCUT2D eigenvalue weighted by Gasteiger charge is -2.31. The van der Waals surface area contributed by atoms with Gasteiger partial charge in [0.15, 0.2) is 0 Å². The van der Waals surface area contributed by atoms with Gasteiger partial charge in [0.25, 0.3) is 5.91 Å². The molecule has 1 fully saturated rings. The van der Waals surface area contributed by atoms with Crippen LogP contribution in [0.1, 0.15) is 49.5 Å². The molecule has 1 saturated heterocycles. The molecular formula is C28H35N3O3. The summed E-state index contributed by atoms with van der Waals surface area (Å²) < 4.78 is 11.3. The number of anilines is 1. The van der Waals surface area contributed by atoms with Crippen molar-refractivity contribution < 1.29 is 14.1 Å². The molecule has 6 nitrogen and oxygen atoms in total. The molecule has 1 aliphatic heterocycles. The maximum absolute atomic E-state index is 13.7. The number of amides is 1. The number of ether oxygens (including phenoxy) is 1. The van der Waals surface area contributed by atoms with Crippen LogP contribution in [0.25, 0.3) is 11.3 Å². The van der Waals surface area contributed by atoms with Gasteiger partial charge in [0, 0.05) is 30.8 Å². The fourth-order valence-corrected chi connectivity index (χ4v) is 4.52. The van der Waals surface area contributed by atoms with E-state index in [-0.39, 0.29) is 5.91 Å². The smallest absolute Gasteiger partial charge is 0.254 e. The van der Waals surface area contributed by atoms with E-state index in [9.17, 15) is 4.79 Å². The van der Waals surface area contributed by atoms with E-state index in [4.69, 9.17) is 9.26 Å². The first-order chi connectivity index (χ1) is 16.5. The minimum Gasteiger partial charge on any atom is -0.497 e. The number of piperidine rings is 1. The van der Waals surface area contributed by atoms with Crippen LogP contribution < -0.4 is 9.64 Å². The molecule has 180 valence electrons. The molecule has 0 aliphatic carbocycles. The Labute approximate surface area is 202 Å². The van der Waals surface area contributed by atoms with E-state index >= 15 is 0 Å². The Morgan fingerprint density at radius 1 is 1.15 bits per heavy atom. The van der Waals surface area contributed by atoms with E-state index in [0.29, 0.717) is 36.2 Å². The van der Waals surface area contributed by atoms with Crippen molar-refractivity contribution in [2.45, 2.75) is 40.2 Å². The van der Waals surface area contributed by atoms with E-state index < -0.39 is 0 Å². The minimum atomic E-state index is -0.0222. The SMILES string of the molecule is COc1cccc(C(=O)N(Cc2c(-c3ccccc3)noc2N2CCC(C)CC2)CC(C)C)c1. The van der Waals surface area contributed by atoms with E-state index in [1.54, 1.807) is 13.2 Å². The second-order valence-corrected chi connectivity index (χ2v) is 9.66. The van der Waals surface area contributed by atoms with Gasteiger partial charge in [-0.1, -0.05) is 62.3 Å².